The highest BCUT2D eigenvalue weighted by Crippen LogP contribution is 2.26. The summed E-state index contributed by atoms with van der Waals surface area (Å²) in [5.74, 6) is 1.55. The molecule has 0 spiro atoms. The second-order valence-electron chi connectivity index (χ2n) is 4.13. The molecule has 0 saturated heterocycles. The van der Waals surface area contributed by atoms with Crippen molar-refractivity contribution in [1.29, 1.82) is 0 Å². The Balaban J connectivity index is 2.21. The van der Waals surface area contributed by atoms with Crippen molar-refractivity contribution in [3.05, 3.63) is 33.8 Å². The highest BCUT2D eigenvalue weighted by molar-refractivity contribution is 7.71. The normalized spacial score (nSPS) is 14.1. The third-order valence-corrected chi connectivity index (χ3v) is 3.37. The number of nitrogens with zero attached hydrogens (tertiary/aromatic N) is 1. The lowest BCUT2D eigenvalue weighted by atomic mass is 10.2. The van der Waals surface area contributed by atoms with Gasteiger partial charge in [-0.25, -0.2) is 4.98 Å². The topological polar surface area (TPSA) is 41.8 Å². The van der Waals surface area contributed by atoms with Crippen molar-refractivity contribution in [3.63, 3.8) is 0 Å². The smallest absolute Gasteiger partial charge is 0.175 e. The van der Waals surface area contributed by atoms with Crippen molar-refractivity contribution in [2.45, 2.75) is 26.2 Å². The van der Waals surface area contributed by atoms with Gasteiger partial charge in [0.2, 0.25) is 0 Å². The zero-order chi connectivity index (χ0) is 11.1. The fourth-order valence-corrected chi connectivity index (χ4v) is 2.50. The summed E-state index contributed by atoms with van der Waals surface area (Å²) in [7, 11) is 0. The maximum absolute atomic E-state index is 5.43. The quantitative estimate of drug-likeness (QED) is 0.768. The molecule has 0 bridgehead atoms. The first kappa shape index (κ1) is 9.78. The lowest BCUT2D eigenvalue weighted by Gasteiger charge is -2.03. The third kappa shape index (κ3) is 1.41. The number of rotatable bonds is 1. The largest absolute Gasteiger partial charge is 0.461 e. The van der Waals surface area contributed by atoms with Crippen LogP contribution in [0.1, 0.15) is 23.2 Å². The molecule has 4 heteroatoms. The molecule has 2 aromatic rings. The fraction of sp³-hybridized carbons (Fsp3) is 0.333. The molecular weight excluding hydrogens is 220 g/mol. The number of H-pyrrole nitrogens is 1. The Morgan fingerprint density at radius 1 is 1.44 bits per heavy atom. The minimum Gasteiger partial charge on any atom is -0.461 e. The molecular formula is C12H12N2OS. The minimum atomic E-state index is 0.719. The molecule has 0 fully saturated rings. The first-order valence-electron chi connectivity index (χ1n) is 5.42. The number of hydrogen-bond acceptors (Lipinski definition) is 3. The predicted octanol–water partition coefficient (Wildman–Crippen LogP) is 3.20. The van der Waals surface area contributed by atoms with E-state index in [1.165, 1.54) is 11.3 Å². The summed E-state index contributed by atoms with van der Waals surface area (Å²) in [5.41, 5.74) is 3.52. The number of aromatic nitrogens is 2. The predicted molar refractivity (Wildman–Crippen MR) is 63.9 cm³/mol. The van der Waals surface area contributed by atoms with E-state index >= 15 is 0 Å². The molecule has 2 aromatic heterocycles. The summed E-state index contributed by atoms with van der Waals surface area (Å²) in [6.45, 7) is 2.00. The SMILES string of the molecule is Cc1ccoc1-c1nc(=S)c2c([nH]1)CCC2. The van der Waals surface area contributed by atoms with Crippen molar-refractivity contribution >= 4 is 12.2 Å². The van der Waals surface area contributed by atoms with E-state index in [0.717, 1.165) is 41.1 Å². The molecule has 3 nitrogen and oxygen atoms in total. The monoisotopic (exact) mass is 232 g/mol. The summed E-state index contributed by atoms with van der Waals surface area (Å²) < 4.78 is 6.14. The maximum atomic E-state index is 5.43. The second-order valence-corrected chi connectivity index (χ2v) is 4.52. The zero-order valence-electron chi connectivity index (χ0n) is 9.04. The molecule has 1 aliphatic rings. The number of aryl methyl sites for hydroxylation is 2. The first-order chi connectivity index (χ1) is 7.75. The van der Waals surface area contributed by atoms with Gasteiger partial charge in [0, 0.05) is 11.3 Å². The van der Waals surface area contributed by atoms with Crippen LogP contribution < -0.4 is 0 Å². The van der Waals surface area contributed by atoms with E-state index in [9.17, 15) is 0 Å². The molecule has 0 aromatic carbocycles. The summed E-state index contributed by atoms with van der Waals surface area (Å²) in [5, 5.41) is 0. The van der Waals surface area contributed by atoms with Crippen LogP contribution in [0.4, 0.5) is 0 Å². The van der Waals surface area contributed by atoms with Gasteiger partial charge in [-0.2, -0.15) is 0 Å². The average molecular weight is 232 g/mol. The van der Waals surface area contributed by atoms with Gasteiger partial charge in [0.05, 0.1) is 6.26 Å². The van der Waals surface area contributed by atoms with Crippen LogP contribution in [0.2, 0.25) is 0 Å². The van der Waals surface area contributed by atoms with Gasteiger partial charge >= 0.3 is 0 Å². The van der Waals surface area contributed by atoms with Crippen LogP contribution in [0.15, 0.2) is 16.7 Å². The maximum Gasteiger partial charge on any atom is 0.175 e. The molecule has 0 unspecified atom stereocenters. The van der Waals surface area contributed by atoms with E-state index in [0.29, 0.717) is 0 Å². The lowest BCUT2D eigenvalue weighted by molar-refractivity contribution is 0.575. The Bertz CT molecular complexity index is 597. The first-order valence-corrected chi connectivity index (χ1v) is 5.83. The molecule has 1 aliphatic carbocycles. The average Bonchev–Trinajstić information content (AvgIpc) is 2.85. The van der Waals surface area contributed by atoms with Crippen LogP contribution in [0.25, 0.3) is 11.6 Å². The molecule has 0 atom stereocenters. The van der Waals surface area contributed by atoms with Crippen LogP contribution in [0.5, 0.6) is 0 Å². The van der Waals surface area contributed by atoms with Crippen LogP contribution in [0, 0.1) is 11.6 Å². The number of hydrogen-bond donors (Lipinski definition) is 1. The number of furan rings is 1. The van der Waals surface area contributed by atoms with Crippen LogP contribution in [-0.2, 0) is 12.8 Å². The Morgan fingerprint density at radius 2 is 2.31 bits per heavy atom. The summed E-state index contributed by atoms with van der Waals surface area (Å²) in [4.78, 5) is 7.75. The van der Waals surface area contributed by atoms with E-state index in [2.05, 4.69) is 9.97 Å². The Kier molecular flexibility index (Phi) is 2.17. The highest BCUT2D eigenvalue weighted by Gasteiger charge is 2.17. The highest BCUT2D eigenvalue weighted by atomic mass is 32.1. The van der Waals surface area contributed by atoms with Gasteiger partial charge < -0.3 is 9.40 Å². The van der Waals surface area contributed by atoms with Crippen LogP contribution in [0.3, 0.4) is 0 Å². The van der Waals surface area contributed by atoms with Crippen molar-refractivity contribution in [2.75, 3.05) is 0 Å². The van der Waals surface area contributed by atoms with E-state index in [4.69, 9.17) is 16.6 Å². The fourth-order valence-electron chi connectivity index (χ4n) is 2.18. The van der Waals surface area contributed by atoms with E-state index in [-0.39, 0.29) is 0 Å². The van der Waals surface area contributed by atoms with E-state index in [1.54, 1.807) is 6.26 Å². The number of aromatic amines is 1. The summed E-state index contributed by atoms with van der Waals surface area (Å²) >= 11 is 5.31. The Labute approximate surface area is 98.5 Å². The van der Waals surface area contributed by atoms with Crippen molar-refractivity contribution in [3.8, 4) is 11.6 Å². The van der Waals surface area contributed by atoms with Crippen molar-refractivity contribution in [1.82, 2.24) is 9.97 Å². The Morgan fingerprint density at radius 3 is 3.06 bits per heavy atom. The Hall–Kier alpha value is -1.42. The van der Waals surface area contributed by atoms with Gasteiger partial charge in [-0.3, -0.25) is 0 Å². The third-order valence-electron chi connectivity index (χ3n) is 3.04. The van der Waals surface area contributed by atoms with Gasteiger partial charge in [0.1, 0.15) is 4.64 Å². The number of fused-ring (bicyclic) bond motifs is 1. The molecule has 1 N–H and O–H groups in total. The van der Waals surface area contributed by atoms with Crippen LogP contribution >= 0.6 is 12.2 Å². The van der Waals surface area contributed by atoms with Gasteiger partial charge in [0.25, 0.3) is 0 Å². The van der Waals surface area contributed by atoms with Gasteiger partial charge in [-0.1, -0.05) is 12.2 Å². The molecule has 2 heterocycles. The molecule has 0 aliphatic heterocycles. The molecule has 82 valence electrons. The number of nitrogens with one attached hydrogen (secondary N) is 1. The summed E-state index contributed by atoms with van der Waals surface area (Å²) in [6.07, 6.45) is 4.96. The van der Waals surface area contributed by atoms with Crippen molar-refractivity contribution < 1.29 is 4.42 Å². The summed E-state index contributed by atoms with van der Waals surface area (Å²) in [6, 6.07) is 1.93. The molecule has 3 rings (SSSR count). The van der Waals surface area contributed by atoms with Gasteiger partial charge in [0.15, 0.2) is 11.6 Å². The van der Waals surface area contributed by atoms with E-state index < -0.39 is 0 Å². The molecule has 0 saturated carbocycles. The molecule has 0 radical (unpaired) electrons. The lowest BCUT2D eigenvalue weighted by Crippen LogP contribution is -1.97. The second kappa shape index (κ2) is 3.56. The van der Waals surface area contributed by atoms with E-state index in [1.807, 2.05) is 13.0 Å². The van der Waals surface area contributed by atoms with Gasteiger partial charge in [-0.15, -0.1) is 0 Å². The zero-order valence-corrected chi connectivity index (χ0v) is 9.86. The molecule has 0 amide bonds. The molecule has 16 heavy (non-hydrogen) atoms. The van der Waals surface area contributed by atoms with Crippen LogP contribution in [-0.4, -0.2) is 9.97 Å². The minimum absolute atomic E-state index is 0.719. The van der Waals surface area contributed by atoms with Gasteiger partial charge in [-0.05, 0) is 37.8 Å². The standard InChI is InChI=1S/C12H12N2OS/c1-7-5-6-15-10(7)11-13-9-4-2-3-8(9)12(16)14-11/h5-6H,2-4H2,1H3,(H,13,14,16). The van der Waals surface area contributed by atoms with Crippen molar-refractivity contribution in [2.24, 2.45) is 0 Å².